The topological polar surface area (TPSA) is 78.9 Å². The van der Waals surface area contributed by atoms with Crippen molar-refractivity contribution in [3.8, 4) is 0 Å². The van der Waals surface area contributed by atoms with Crippen LogP contribution in [0.2, 0.25) is 0 Å². The van der Waals surface area contributed by atoms with Crippen LogP contribution >= 0.6 is 0 Å². The standard InChI is InChI=1S/C73H128O6/c1-4-7-10-13-16-19-22-25-28-30-31-32-33-34-35-36-37-38-39-40-41-42-43-44-46-48-51-54-57-60-63-66-72(75)78-69-70(68-77-71(74)65-62-59-56-53-50-47-27-24-21-18-15-12-9-6-3)79-73(76)67-64-61-58-55-52-49-45-29-26-23-20-17-14-11-8-5-2/h7,10,16,19-20,23,25,28-29,31-32,34-35,45,70H,4-6,8-9,11-15,17-18,21-22,24,26-27,30,33,36-44,46-69H2,1-3H3/b10-7-,19-16-,23-20-,28-25-,32-31-,35-34-,45-29-. The maximum absolute atomic E-state index is 12.9. The highest BCUT2D eigenvalue weighted by molar-refractivity contribution is 5.71. The minimum atomic E-state index is -0.782. The summed E-state index contributed by atoms with van der Waals surface area (Å²) in [5.41, 5.74) is 0. The van der Waals surface area contributed by atoms with Crippen LogP contribution in [0, 0.1) is 0 Å². The van der Waals surface area contributed by atoms with E-state index >= 15 is 0 Å². The van der Waals surface area contributed by atoms with Crippen LogP contribution in [0.4, 0.5) is 0 Å². The quantitative estimate of drug-likeness (QED) is 0.0261. The molecule has 0 radical (unpaired) electrons. The fraction of sp³-hybridized carbons (Fsp3) is 0.767. The summed E-state index contributed by atoms with van der Waals surface area (Å²) < 4.78 is 16.9. The van der Waals surface area contributed by atoms with Gasteiger partial charge < -0.3 is 14.2 Å². The monoisotopic (exact) mass is 1100 g/mol. The van der Waals surface area contributed by atoms with Crippen molar-refractivity contribution in [1.82, 2.24) is 0 Å². The van der Waals surface area contributed by atoms with Gasteiger partial charge in [-0.2, -0.15) is 0 Å². The second-order valence-corrected chi connectivity index (χ2v) is 22.7. The summed E-state index contributed by atoms with van der Waals surface area (Å²) >= 11 is 0. The van der Waals surface area contributed by atoms with Crippen molar-refractivity contribution in [1.29, 1.82) is 0 Å². The van der Waals surface area contributed by atoms with Gasteiger partial charge in [-0.1, -0.05) is 311 Å². The van der Waals surface area contributed by atoms with Crippen LogP contribution in [0.3, 0.4) is 0 Å². The highest BCUT2D eigenvalue weighted by atomic mass is 16.6. The average molecular weight is 1100 g/mol. The van der Waals surface area contributed by atoms with Gasteiger partial charge in [0.15, 0.2) is 6.10 Å². The normalized spacial score (nSPS) is 12.6. The molecule has 0 amide bonds. The van der Waals surface area contributed by atoms with Gasteiger partial charge in [-0.3, -0.25) is 14.4 Å². The molecular formula is C73H128O6. The van der Waals surface area contributed by atoms with Crippen LogP contribution in [-0.4, -0.2) is 37.2 Å². The molecule has 6 heteroatoms. The Morgan fingerprint density at radius 3 is 0.785 bits per heavy atom. The zero-order chi connectivity index (χ0) is 57.1. The molecule has 0 aliphatic carbocycles. The van der Waals surface area contributed by atoms with Gasteiger partial charge in [-0.15, -0.1) is 0 Å². The fourth-order valence-corrected chi connectivity index (χ4v) is 9.80. The van der Waals surface area contributed by atoms with Crippen LogP contribution < -0.4 is 0 Å². The van der Waals surface area contributed by atoms with Gasteiger partial charge in [0.1, 0.15) is 13.2 Å². The molecule has 0 saturated heterocycles. The van der Waals surface area contributed by atoms with Gasteiger partial charge in [-0.25, -0.2) is 0 Å². The molecule has 0 aromatic heterocycles. The molecule has 79 heavy (non-hydrogen) atoms. The lowest BCUT2D eigenvalue weighted by atomic mass is 10.0. The van der Waals surface area contributed by atoms with E-state index in [1.807, 2.05) is 0 Å². The van der Waals surface area contributed by atoms with E-state index in [0.29, 0.717) is 19.3 Å². The second kappa shape index (κ2) is 67.1. The Morgan fingerprint density at radius 2 is 0.494 bits per heavy atom. The van der Waals surface area contributed by atoms with Gasteiger partial charge in [-0.05, 0) is 96.3 Å². The Bertz CT molecular complexity index is 1500. The summed E-state index contributed by atoms with van der Waals surface area (Å²) in [4.78, 5) is 38.3. The fourth-order valence-electron chi connectivity index (χ4n) is 9.80. The first-order valence-electron chi connectivity index (χ1n) is 34.1. The van der Waals surface area contributed by atoms with Crippen LogP contribution in [0.25, 0.3) is 0 Å². The third kappa shape index (κ3) is 65.3. The molecule has 0 heterocycles. The van der Waals surface area contributed by atoms with Crippen molar-refractivity contribution in [2.45, 2.75) is 348 Å². The number of rotatable bonds is 62. The summed E-state index contributed by atoms with van der Waals surface area (Å²) in [7, 11) is 0. The maximum atomic E-state index is 12.9. The van der Waals surface area contributed by atoms with E-state index in [0.717, 1.165) is 116 Å². The molecule has 6 nitrogen and oxygen atoms in total. The first-order valence-corrected chi connectivity index (χ1v) is 34.1. The molecular weight excluding hydrogens is 973 g/mol. The van der Waals surface area contributed by atoms with Gasteiger partial charge >= 0.3 is 17.9 Å². The molecule has 0 saturated carbocycles. The SMILES string of the molecule is CC/C=C\C/C=C\C/C=C\C/C=C\C/C=C\CCCCCCCCCCCCCCCCCC(=O)OCC(COC(=O)CCCCCCCCCCCCCCCC)OC(=O)CCCCCCC/C=C\C/C=C\CCCCCC. The third-order valence-electron chi connectivity index (χ3n) is 14.9. The van der Waals surface area contributed by atoms with Gasteiger partial charge in [0.25, 0.3) is 0 Å². The predicted octanol–water partition coefficient (Wildman–Crippen LogP) is 23.4. The van der Waals surface area contributed by atoms with E-state index in [-0.39, 0.29) is 31.1 Å². The number of ether oxygens (including phenoxy) is 3. The molecule has 456 valence electrons. The molecule has 0 aromatic carbocycles. The minimum absolute atomic E-state index is 0.0772. The number of esters is 3. The van der Waals surface area contributed by atoms with Crippen molar-refractivity contribution in [3.05, 3.63) is 85.1 Å². The van der Waals surface area contributed by atoms with Gasteiger partial charge in [0, 0.05) is 19.3 Å². The summed E-state index contributed by atoms with van der Waals surface area (Å²) in [5.74, 6) is -0.873. The van der Waals surface area contributed by atoms with Crippen molar-refractivity contribution in [3.63, 3.8) is 0 Å². The Morgan fingerprint density at radius 1 is 0.266 bits per heavy atom. The molecule has 0 rings (SSSR count). The Hall–Kier alpha value is -3.41. The Kier molecular flexibility index (Phi) is 64.2. The molecule has 0 N–H and O–H groups in total. The number of hydrogen-bond donors (Lipinski definition) is 0. The zero-order valence-electron chi connectivity index (χ0n) is 52.4. The molecule has 0 fully saturated rings. The maximum Gasteiger partial charge on any atom is 0.306 e. The zero-order valence-corrected chi connectivity index (χ0v) is 52.4. The lowest BCUT2D eigenvalue weighted by Crippen LogP contribution is -2.30. The number of unbranched alkanes of at least 4 members (excludes halogenated alkanes) is 37. The minimum Gasteiger partial charge on any atom is -0.462 e. The van der Waals surface area contributed by atoms with Crippen molar-refractivity contribution >= 4 is 17.9 Å². The third-order valence-corrected chi connectivity index (χ3v) is 14.9. The first-order chi connectivity index (χ1) is 39.0. The number of carbonyl (C=O) groups is 3. The van der Waals surface area contributed by atoms with Gasteiger partial charge in [0.2, 0.25) is 0 Å². The Balaban J connectivity index is 4.22. The molecule has 0 aromatic rings. The lowest BCUT2D eigenvalue weighted by molar-refractivity contribution is -0.167. The molecule has 1 unspecified atom stereocenters. The van der Waals surface area contributed by atoms with Crippen molar-refractivity contribution < 1.29 is 28.6 Å². The number of allylic oxidation sites excluding steroid dienone is 14. The lowest BCUT2D eigenvalue weighted by Gasteiger charge is -2.18. The molecule has 0 aliphatic rings. The number of hydrogen-bond acceptors (Lipinski definition) is 6. The van der Waals surface area contributed by atoms with Gasteiger partial charge in [0.05, 0.1) is 0 Å². The molecule has 0 bridgehead atoms. The van der Waals surface area contributed by atoms with E-state index in [2.05, 4.69) is 106 Å². The van der Waals surface area contributed by atoms with Crippen molar-refractivity contribution in [2.75, 3.05) is 13.2 Å². The van der Waals surface area contributed by atoms with E-state index in [4.69, 9.17) is 14.2 Å². The highest BCUT2D eigenvalue weighted by Gasteiger charge is 2.19. The van der Waals surface area contributed by atoms with E-state index < -0.39 is 6.10 Å². The predicted molar refractivity (Wildman–Crippen MR) is 344 cm³/mol. The molecule has 1 atom stereocenters. The van der Waals surface area contributed by atoms with Crippen LogP contribution in [0.1, 0.15) is 342 Å². The van der Waals surface area contributed by atoms with E-state index in [1.165, 1.54) is 186 Å². The van der Waals surface area contributed by atoms with Crippen molar-refractivity contribution in [2.24, 2.45) is 0 Å². The summed E-state index contributed by atoms with van der Waals surface area (Å²) in [6.07, 6.45) is 88.9. The summed E-state index contributed by atoms with van der Waals surface area (Å²) in [5, 5.41) is 0. The molecule has 0 aliphatic heterocycles. The van der Waals surface area contributed by atoms with E-state index in [9.17, 15) is 14.4 Å². The summed E-state index contributed by atoms with van der Waals surface area (Å²) in [6, 6.07) is 0. The largest absolute Gasteiger partial charge is 0.462 e. The average Bonchev–Trinajstić information content (AvgIpc) is 3.45. The van der Waals surface area contributed by atoms with Crippen LogP contribution in [0.5, 0.6) is 0 Å². The second-order valence-electron chi connectivity index (χ2n) is 22.7. The molecule has 0 spiro atoms. The Labute approximate surface area is 490 Å². The van der Waals surface area contributed by atoms with E-state index in [1.54, 1.807) is 0 Å². The first kappa shape index (κ1) is 75.6. The van der Waals surface area contributed by atoms with Crippen LogP contribution in [-0.2, 0) is 28.6 Å². The summed E-state index contributed by atoms with van der Waals surface area (Å²) in [6.45, 7) is 6.54. The smallest absolute Gasteiger partial charge is 0.306 e. The highest BCUT2D eigenvalue weighted by Crippen LogP contribution is 2.17. The van der Waals surface area contributed by atoms with Crippen LogP contribution in [0.15, 0.2) is 85.1 Å². The number of carbonyl (C=O) groups excluding carboxylic acids is 3.